The Kier molecular flexibility index (Phi) is 5.68. The summed E-state index contributed by atoms with van der Waals surface area (Å²) in [5.41, 5.74) is 3.23. The van der Waals surface area contributed by atoms with Crippen molar-refractivity contribution in [1.82, 2.24) is 21.0 Å². The molecule has 2 heterocycles. The lowest BCUT2D eigenvalue weighted by atomic mass is 10.0. The quantitative estimate of drug-likeness (QED) is 0.482. The number of nitrogens with one attached hydrogen (secondary N) is 3. The number of hydroxylamine groups is 1. The minimum absolute atomic E-state index is 0.0778. The van der Waals surface area contributed by atoms with E-state index >= 15 is 0 Å². The van der Waals surface area contributed by atoms with E-state index in [1.165, 1.54) is 32.1 Å². The third-order valence-electron chi connectivity index (χ3n) is 5.30. The van der Waals surface area contributed by atoms with Crippen molar-refractivity contribution in [2.45, 2.75) is 69.8 Å². The third kappa shape index (κ3) is 4.19. The number of hydrogen-bond donors (Lipinski definition) is 3. The second-order valence-corrected chi connectivity index (χ2v) is 7.02. The molecule has 3 unspecified atom stereocenters. The molecule has 3 fully saturated rings. The SMILES string of the molecule is CN1CCCC1NOC(CC1CCNC1=O)NC1CCCC1. The summed E-state index contributed by atoms with van der Waals surface area (Å²) < 4.78 is 0. The van der Waals surface area contributed by atoms with E-state index in [9.17, 15) is 4.79 Å². The van der Waals surface area contributed by atoms with Crippen molar-refractivity contribution in [3.63, 3.8) is 0 Å². The molecule has 2 aliphatic heterocycles. The highest BCUT2D eigenvalue weighted by Crippen LogP contribution is 2.22. The van der Waals surface area contributed by atoms with Gasteiger partial charge in [0.25, 0.3) is 0 Å². The monoisotopic (exact) mass is 310 g/mol. The first-order chi connectivity index (χ1) is 10.7. The average Bonchev–Trinajstić information content (AvgIpc) is 3.22. The Morgan fingerprint density at radius 2 is 2.09 bits per heavy atom. The predicted molar refractivity (Wildman–Crippen MR) is 84.8 cm³/mol. The molecule has 0 aromatic heterocycles. The maximum absolute atomic E-state index is 11.8. The summed E-state index contributed by atoms with van der Waals surface area (Å²) in [5, 5.41) is 6.54. The lowest BCUT2D eigenvalue weighted by Gasteiger charge is -2.28. The van der Waals surface area contributed by atoms with Gasteiger partial charge in [0.1, 0.15) is 6.23 Å². The molecule has 3 N–H and O–H groups in total. The summed E-state index contributed by atoms with van der Waals surface area (Å²) in [4.78, 5) is 20.1. The van der Waals surface area contributed by atoms with Gasteiger partial charge in [-0.05, 0) is 45.7 Å². The standard InChI is InChI=1S/C16H30N4O2/c1-20-10-4-7-14(20)19-22-15(18-13-5-2-3-6-13)11-12-8-9-17-16(12)21/h12-15,18-19H,2-11H2,1H3,(H,17,21). The van der Waals surface area contributed by atoms with Crippen LogP contribution in [-0.2, 0) is 9.63 Å². The van der Waals surface area contributed by atoms with Gasteiger partial charge < -0.3 is 5.32 Å². The van der Waals surface area contributed by atoms with E-state index in [2.05, 4.69) is 28.1 Å². The molecule has 6 nitrogen and oxygen atoms in total. The van der Waals surface area contributed by atoms with E-state index in [1.807, 2.05) is 0 Å². The second kappa shape index (κ2) is 7.73. The van der Waals surface area contributed by atoms with Crippen molar-refractivity contribution in [3.05, 3.63) is 0 Å². The number of carbonyl (C=O) groups excluding carboxylic acids is 1. The van der Waals surface area contributed by atoms with Gasteiger partial charge >= 0.3 is 0 Å². The molecule has 0 aromatic carbocycles. The second-order valence-electron chi connectivity index (χ2n) is 7.02. The highest BCUT2D eigenvalue weighted by atomic mass is 16.7. The fourth-order valence-corrected chi connectivity index (χ4v) is 3.85. The Morgan fingerprint density at radius 1 is 1.27 bits per heavy atom. The van der Waals surface area contributed by atoms with Gasteiger partial charge in [-0.1, -0.05) is 12.8 Å². The topological polar surface area (TPSA) is 65.6 Å². The molecule has 126 valence electrons. The van der Waals surface area contributed by atoms with Gasteiger partial charge in [-0.25, -0.2) is 0 Å². The van der Waals surface area contributed by atoms with Crippen LogP contribution in [0.5, 0.6) is 0 Å². The summed E-state index contributed by atoms with van der Waals surface area (Å²) in [7, 11) is 2.12. The number of likely N-dealkylation sites (tertiary alicyclic amines) is 1. The summed E-state index contributed by atoms with van der Waals surface area (Å²) in [5.74, 6) is 0.266. The Labute approximate surface area is 133 Å². The summed E-state index contributed by atoms with van der Waals surface area (Å²) >= 11 is 0. The molecule has 0 bridgehead atoms. The molecule has 2 saturated heterocycles. The van der Waals surface area contributed by atoms with Gasteiger partial charge in [-0.3, -0.25) is 19.8 Å². The molecule has 22 heavy (non-hydrogen) atoms. The van der Waals surface area contributed by atoms with Gasteiger partial charge in [-0.2, -0.15) is 5.48 Å². The van der Waals surface area contributed by atoms with Crippen LogP contribution in [0, 0.1) is 5.92 Å². The van der Waals surface area contributed by atoms with Crippen LogP contribution in [0.4, 0.5) is 0 Å². The summed E-state index contributed by atoms with van der Waals surface area (Å²) in [6, 6.07) is 0.539. The number of carbonyl (C=O) groups is 1. The fraction of sp³-hybridized carbons (Fsp3) is 0.938. The first kappa shape index (κ1) is 16.2. The Bertz CT molecular complexity index is 373. The van der Waals surface area contributed by atoms with Crippen LogP contribution in [0.15, 0.2) is 0 Å². The molecular formula is C16H30N4O2. The van der Waals surface area contributed by atoms with E-state index in [0.717, 1.165) is 32.4 Å². The normalized spacial score (nSPS) is 31.8. The molecule has 0 spiro atoms. The average molecular weight is 310 g/mol. The predicted octanol–water partition coefficient (Wildman–Crippen LogP) is 0.944. The number of hydrogen-bond acceptors (Lipinski definition) is 5. The largest absolute Gasteiger partial charge is 0.356 e. The molecule has 6 heteroatoms. The zero-order valence-electron chi connectivity index (χ0n) is 13.6. The molecule has 3 aliphatic rings. The van der Waals surface area contributed by atoms with Crippen LogP contribution < -0.4 is 16.1 Å². The number of nitrogens with zero attached hydrogens (tertiary/aromatic N) is 1. The molecule has 3 rings (SSSR count). The van der Waals surface area contributed by atoms with Crippen LogP contribution in [0.1, 0.15) is 51.4 Å². The minimum atomic E-state index is -0.0778. The summed E-state index contributed by atoms with van der Waals surface area (Å²) in [6.45, 7) is 1.92. The molecule has 1 aliphatic carbocycles. The van der Waals surface area contributed by atoms with Crippen LogP contribution in [0.25, 0.3) is 0 Å². The zero-order chi connectivity index (χ0) is 15.4. The Hall–Kier alpha value is -0.690. The van der Waals surface area contributed by atoms with Crippen molar-refractivity contribution in [1.29, 1.82) is 0 Å². The molecule has 0 aromatic rings. The van der Waals surface area contributed by atoms with Crippen molar-refractivity contribution in [3.8, 4) is 0 Å². The lowest BCUT2D eigenvalue weighted by molar-refractivity contribution is -0.126. The molecule has 3 atom stereocenters. The van der Waals surface area contributed by atoms with E-state index in [4.69, 9.17) is 4.84 Å². The number of rotatable bonds is 7. The van der Waals surface area contributed by atoms with Crippen molar-refractivity contribution >= 4 is 5.91 Å². The van der Waals surface area contributed by atoms with Gasteiger partial charge in [-0.15, -0.1) is 0 Å². The zero-order valence-corrected chi connectivity index (χ0v) is 13.6. The third-order valence-corrected chi connectivity index (χ3v) is 5.30. The van der Waals surface area contributed by atoms with Gasteiger partial charge in [0, 0.05) is 24.9 Å². The fourth-order valence-electron chi connectivity index (χ4n) is 3.85. The minimum Gasteiger partial charge on any atom is -0.356 e. The van der Waals surface area contributed by atoms with E-state index in [1.54, 1.807) is 0 Å². The maximum atomic E-state index is 11.8. The Morgan fingerprint density at radius 3 is 2.73 bits per heavy atom. The van der Waals surface area contributed by atoms with E-state index in [-0.39, 0.29) is 18.1 Å². The smallest absolute Gasteiger partial charge is 0.223 e. The van der Waals surface area contributed by atoms with Gasteiger partial charge in [0.15, 0.2) is 0 Å². The number of amides is 1. The summed E-state index contributed by atoms with van der Waals surface area (Å²) in [6.07, 6.45) is 9.27. The van der Waals surface area contributed by atoms with Crippen LogP contribution in [-0.4, -0.2) is 49.4 Å². The van der Waals surface area contributed by atoms with Crippen LogP contribution >= 0.6 is 0 Å². The molecule has 1 amide bonds. The van der Waals surface area contributed by atoms with Gasteiger partial charge in [0.2, 0.25) is 5.91 Å². The molecule has 0 radical (unpaired) electrons. The van der Waals surface area contributed by atoms with Crippen molar-refractivity contribution in [2.24, 2.45) is 5.92 Å². The highest BCUT2D eigenvalue weighted by molar-refractivity contribution is 5.80. The van der Waals surface area contributed by atoms with E-state index in [0.29, 0.717) is 12.2 Å². The molecule has 1 saturated carbocycles. The lowest BCUT2D eigenvalue weighted by Crippen LogP contribution is -2.47. The van der Waals surface area contributed by atoms with Crippen molar-refractivity contribution < 1.29 is 9.63 Å². The van der Waals surface area contributed by atoms with Crippen molar-refractivity contribution in [2.75, 3.05) is 20.1 Å². The first-order valence-electron chi connectivity index (χ1n) is 8.87. The Balaban J connectivity index is 1.51. The van der Waals surface area contributed by atoms with Crippen LogP contribution in [0.3, 0.4) is 0 Å². The molecular weight excluding hydrogens is 280 g/mol. The van der Waals surface area contributed by atoms with Crippen LogP contribution in [0.2, 0.25) is 0 Å². The van der Waals surface area contributed by atoms with Gasteiger partial charge in [0.05, 0.1) is 6.17 Å². The maximum Gasteiger partial charge on any atom is 0.223 e. The highest BCUT2D eigenvalue weighted by Gasteiger charge is 2.30. The first-order valence-corrected chi connectivity index (χ1v) is 8.87. The van der Waals surface area contributed by atoms with E-state index < -0.39 is 0 Å².